The van der Waals surface area contributed by atoms with Crippen molar-refractivity contribution in [3.63, 3.8) is 0 Å². The van der Waals surface area contributed by atoms with E-state index >= 15 is 0 Å². The van der Waals surface area contributed by atoms with E-state index in [1.807, 2.05) is 6.92 Å². The van der Waals surface area contributed by atoms with Gasteiger partial charge in [-0.2, -0.15) is 0 Å². The van der Waals surface area contributed by atoms with Crippen molar-refractivity contribution < 1.29 is 0 Å². The van der Waals surface area contributed by atoms with E-state index in [1.165, 1.54) is 0 Å². The zero-order chi connectivity index (χ0) is 6.69. The summed E-state index contributed by atoms with van der Waals surface area (Å²) in [5, 5.41) is 3.18. The van der Waals surface area contributed by atoms with Crippen molar-refractivity contribution >= 4 is 36.2 Å². The van der Waals surface area contributed by atoms with Gasteiger partial charge in [0.05, 0.1) is 10.7 Å². The number of nitrogens with two attached hydrogens (primary N) is 1. The van der Waals surface area contributed by atoms with Crippen molar-refractivity contribution in [1.29, 1.82) is 0 Å². The number of aryl methyl sites for hydroxylation is 1. The molecule has 0 unspecified atom stereocenters. The summed E-state index contributed by atoms with van der Waals surface area (Å²) in [6.45, 7) is 2.70. The third-order valence-corrected chi connectivity index (χ3v) is 1.89. The zero-order valence-corrected chi connectivity index (χ0v) is 8.69. The van der Waals surface area contributed by atoms with E-state index in [0.717, 1.165) is 17.1 Å². The normalized spacial score (nSPS) is 8.18. The molecule has 1 heterocycles. The van der Waals surface area contributed by atoms with Crippen LogP contribution in [0.3, 0.4) is 0 Å². The Morgan fingerprint density at radius 1 is 1.55 bits per heavy atom. The number of thiazole rings is 1. The summed E-state index contributed by atoms with van der Waals surface area (Å²) < 4.78 is 0. The van der Waals surface area contributed by atoms with Crippen LogP contribution < -0.4 is 5.73 Å². The average Bonchev–Trinajstić information content (AvgIpc) is 2.17. The fraction of sp³-hybridized carbons (Fsp3) is 0.500. The molecule has 2 N–H and O–H groups in total. The maximum Gasteiger partial charge on any atom is 0.0897 e. The van der Waals surface area contributed by atoms with Gasteiger partial charge in [0.1, 0.15) is 0 Å². The monoisotopic (exact) mass is 214 g/mol. The standard InChI is InChI=1S/C6H10N2S.2ClH/c1-5-8-6(2-3-7)4-9-5;;/h4H,2-3,7H2,1H3;2*1H. The highest BCUT2D eigenvalue weighted by molar-refractivity contribution is 7.09. The van der Waals surface area contributed by atoms with E-state index in [4.69, 9.17) is 5.73 Å². The van der Waals surface area contributed by atoms with Gasteiger partial charge >= 0.3 is 0 Å². The summed E-state index contributed by atoms with van der Waals surface area (Å²) in [6, 6.07) is 0. The largest absolute Gasteiger partial charge is 0.330 e. The van der Waals surface area contributed by atoms with E-state index in [9.17, 15) is 0 Å². The molecule has 5 heteroatoms. The predicted octanol–water partition coefficient (Wildman–Crippen LogP) is 1.80. The van der Waals surface area contributed by atoms with E-state index < -0.39 is 0 Å². The third kappa shape index (κ3) is 4.58. The van der Waals surface area contributed by atoms with Crippen LogP contribution in [0, 0.1) is 6.92 Å². The number of hydrogen-bond donors (Lipinski definition) is 1. The molecular formula is C6H12Cl2N2S. The Morgan fingerprint density at radius 2 is 2.18 bits per heavy atom. The quantitative estimate of drug-likeness (QED) is 0.816. The van der Waals surface area contributed by atoms with Gasteiger partial charge in [0.2, 0.25) is 0 Å². The maximum absolute atomic E-state index is 5.33. The summed E-state index contributed by atoms with van der Waals surface area (Å²) in [6.07, 6.45) is 0.907. The molecule has 0 radical (unpaired) electrons. The molecule has 0 aromatic carbocycles. The number of halogens is 2. The second kappa shape index (κ2) is 6.85. The third-order valence-electron chi connectivity index (χ3n) is 1.07. The highest BCUT2D eigenvalue weighted by Gasteiger charge is 1.93. The first-order valence-electron chi connectivity index (χ1n) is 2.94. The highest BCUT2D eigenvalue weighted by Crippen LogP contribution is 2.07. The molecule has 0 aliphatic heterocycles. The Morgan fingerprint density at radius 3 is 2.55 bits per heavy atom. The van der Waals surface area contributed by atoms with Crippen LogP contribution in [0.15, 0.2) is 5.38 Å². The molecule has 0 saturated heterocycles. The van der Waals surface area contributed by atoms with Crippen LogP contribution in [0.1, 0.15) is 10.7 Å². The first-order valence-corrected chi connectivity index (χ1v) is 3.82. The lowest BCUT2D eigenvalue weighted by atomic mass is 10.3. The van der Waals surface area contributed by atoms with Crippen molar-refractivity contribution in [2.24, 2.45) is 5.73 Å². The smallest absolute Gasteiger partial charge is 0.0897 e. The summed E-state index contributed by atoms with van der Waals surface area (Å²) in [7, 11) is 0. The van der Waals surface area contributed by atoms with Gasteiger partial charge in [-0.3, -0.25) is 0 Å². The number of hydrogen-bond acceptors (Lipinski definition) is 3. The van der Waals surface area contributed by atoms with Gasteiger partial charge in [-0.05, 0) is 13.5 Å². The van der Waals surface area contributed by atoms with E-state index in [1.54, 1.807) is 11.3 Å². The number of aromatic nitrogens is 1. The van der Waals surface area contributed by atoms with Gasteiger partial charge < -0.3 is 5.73 Å². The van der Waals surface area contributed by atoms with Gasteiger partial charge in [-0.1, -0.05) is 0 Å². The highest BCUT2D eigenvalue weighted by atomic mass is 35.5. The van der Waals surface area contributed by atoms with Crippen molar-refractivity contribution in [3.8, 4) is 0 Å². The van der Waals surface area contributed by atoms with Crippen molar-refractivity contribution in [2.75, 3.05) is 6.54 Å². The molecule has 11 heavy (non-hydrogen) atoms. The lowest BCUT2D eigenvalue weighted by Gasteiger charge is -1.86. The molecule has 1 aromatic rings. The topological polar surface area (TPSA) is 38.9 Å². The lowest BCUT2D eigenvalue weighted by Crippen LogP contribution is -2.02. The van der Waals surface area contributed by atoms with Gasteiger partial charge in [-0.15, -0.1) is 36.2 Å². The fourth-order valence-electron chi connectivity index (χ4n) is 0.671. The van der Waals surface area contributed by atoms with Crippen LogP contribution in [0.25, 0.3) is 0 Å². The molecule has 1 rings (SSSR count). The van der Waals surface area contributed by atoms with Gasteiger partial charge in [0, 0.05) is 11.8 Å². The van der Waals surface area contributed by atoms with Crippen LogP contribution in [0.5, 0.6) is 0 Å². The summed E-state index contributed by atoms with van der Waals surface area (Å²) in [5.74, 6) is 0. The molecule has 0 spiro atoms. The Bertz CT molecular complexity index is 190. The molecule has 0 saturated carbocycles. The van der Waals surface area contributed by atoms with Crippen LogP contribution in [0.2, 0.25) is 0 Å². The van der Waals surface area contributed by atoms with E-state index in [0.29, 0.717) is 6.54 Å². The Balaban J connectivity index is 0. The SMILES string of the molecule is Cc1nc(CCN)cs1.Cl.Cl. The maximum atomic E-state index is 5.33. The minimum absolute atomic E-state index is 0. The molecule has 0 atom stereocenters. The average molecular weight is 215 g/mol. The zero-order valence-electron chi connectivity index (χ0n) is 6.24. The van der Waals surface area contributed by atoms with Crippen LogP contribution in [-0.4, -0.2) is 11.5 Å². The van der Waals surface area contributed by atoms with Crippen molar-refractivity contribution in [2.45, 2.75) is 13.3 Å². The molecule has 0 fully saturated rings. The second-order valence-corrected chi connectivity index (χ2v) is 2.96. The second-order valence-electron chi connectivity index (χ2n) is 1.90. The molecule has 0 aliphatic rings. The predicted molar refractivity (Wildman–Crippen MR) is 54.1 cm³/mol. The van der Waals surface area contributed by atoms with E-state index in [2.05, 4.69) is 10.4 Å². The molecule has 2 nitrogen and oxygen atoms in total. The first kappa shape index (κ1) is 13.7. The molecule has 0 amide bonds. The molecule has 66 valence electrons. The lowest BCUT2D eigenvalue weighted by molar-refractivity contribution is 0.929. The number of rotatable bonds is 2. The fourth-order valence-corrected chi connectivity index (χ4v) is 1.32. The van der Waals surface area contributed by atoms with Crippen molar-refractivity contribution in [1.82, 2.24) is 4.98 Å². The minimum Gasteiger partial charge on any atom is -0.330 e. The minimum atomic E-state index is 0. The molecular weight excluding hydrogens is 203 g/mol. The van der Waals surface area contributed by atoms with E-state index in [-0.39, 0.29) is 24.8 Å². The molecule has 0 aliphatic carbocycles. The Labute approximate surface area is 83.0 Å². The van der Waals surface area contributed by atoms with Gasteiger partial charge in [0.25, 0.3) is 0 Å². The van der Waals surface area contributed by atoms with Gasteiger partial charge in [-0.25, -0.2) is 4.98 Å². The van der Waals surface area contributed by atoms with Crippen molar-refractivity contribution in [3.05, 3.63) is 16.1 Å². The van der Waals surface area contributed by atoms with Gasteiger partial charge in [0.15, 0.2) is 0 Å². The Hall–Kier alpha value is 0.170. The molecule has 1 aromatic heterocycles. The summed E-state index contributed by atoms with van der Waals surface area (Å²) in [4.78, 5) is 4.24. The first-order chi connectivity index (χ1) is 4.33. The molecule has 0 bridgehead atoms. The van der Waals surface area contributed by atoms with Crippen LogP contribution in [0.4, 0.5) is 0 Å². The van der Waals surface area contributed by atoms with Crippen LogP contribution in [-0.2, 0) is 6.42 Å². The summed E-state index contributed by atoms with van der Waals surface area (Å²) in [5.41, 5.74) is 6.46. The van der Waals surface area contributed by atoms with Crippen LogP contribution >= 0.6 is 36.2 Å². The Kier molecular flexibility index (Phi) is 8.56. The number of nitrogens with zero attached hydrogens (tertiary/aromatic N) is 1. The summed E-state index contributed by atoms with van der Waals surface area (Å²) >= 11 is 1.68.